The van der Waals surface area contributed by atoms with Crippen molar-refractivity contribution >= 4 is 11.6 Å². The fourth-order valence-electron chi connectivity index (χ4n) is 2.22. The van der Waals surface area contributed by atoms with E-state index in [4.69, 9.17) is 9.47 Å². The van der Waals surface area contributed by atoms with E-state index < -0.39 is 4.92 Å². The summed E-state index contributed by atoms with van der Waals surface area (Å²) in [6.07, 6.45) is 0. The van der Waals surface area contributed by atoms with E-state index in [0.29, 0.717) is 18.9 Å². The molecule has 0 saturated heterocycles. The summed E-state index contributed by atoms with van der Waals surface area (Å²) in [6, 6.07) is 11.6. The van der Waals surface area contributed by atoms with Crippen LogP contribution in [-0.2, 0) is 0 Å². The minimum atomic E-state index is -0.545. The standard InChI is InChI=1S/C18H20N2O5/c1-13-4-7-15(8-5-13)25-11-10-19(2)18(21)16-12-14(20(22)23)6-9-17(16)24-3/h4-9,12H,10-11H2,1-3H3. The van der Waals surface area contributed by atoms with Gasteiger partial charge in [0.25, 0.3) is 11.6 Å². The van der Waals surface area contributed by atoms with Gasteiger partial charge in [0.2, 0.25) is 0 Å². The number of hydrogen-bond donors (Lipinski definition) is 0. The number of rotatable bonds is 7. The van der Waals surface area contributed by atoms with Gasteiger partial charge in [-0.1, -0.05) is 17.7 Å². The van der Waals surface area contributed by atoms with Crippen molar-refractivity contribution in [1.82, 2.24) is 4.90 Å². The van der Waals surface area contributed by atoms with E-state index in [2.05, 4.69) is 0 Å². The number of ether oxygens (including phenoxy) is 2. The quantitative estimate of drug-likeness (QED) is 0.569. The van der Waals surface area contributed by atoms with Gasteiger partial charge in [0, 0.05) is 19.2 Å². The third-order valence-corrected chi connectivity index (χ3v) is 3.69. The second-order valence-corrected chi connectivity index (χ2v) is 5.53. The molecule has 0 aliphatic heterocycles. The van der Waals surface area contributed by atoms with Crippen LogP contribution in [0.4, 0.5) is 5.69 Å². The highest BCUT2D eigenvalue weighted by atomic mass is 16.6. The average Bonchev–Trinajstić information content (AvgIpc) is 2.62. The first-order valence-electron chi connectivity index (χ1n) is 7.69. The fourth-order valence-corrected chi connectivity index (χ4v) is 2.22. The van der Waals surface area contributed by atoms with Gasteiger partial charge in [0.15, 0.2) is 0 Å². The van der Waals surface area contributed by atoms with Crippen molar-refractivity contribution in [2.45, 2.75) is 6.92 Å². The zero-order valence-corrected chi connectivity index (χ0v) is 14.4. The lowest BCUT2D eigenvalue weighted by Crippen LogP contribution is -2.31. The molecule has 132 valence electrons. The molecule has 7 nitrogen and oxygen atoms in total. The molecule has 0 saturated carbocycles. The molecule has 2 aromatic rings. The minimum absolute atomic E-state index is 0.148. The maximum absolute atomic E-state index is 12.6. The van der Waals surface area contributed by atoms with Crippen molar-refractivity contribution in [3.63, 3.8) is 0 Å². The number of non-ortho nitro benzene ring substituents is 1. The largest absolute Gasteiger partial charge is 0.496 e. The Morgan fingerprint density at radius 1 is 1.20 bits per heavy atom. The molecule has 0 atom stereocenters. The number of aryl methyl sites for hydroxylation is 1. The lowest BCUT2D eigenvalue weighted by molar-refractivity contribution is -0.384. The smallest absolute Gasteiger partial charge is 0.270 e. The molecule has 0 heterocycles. The van der Waals surface area contributed by atoms with Crippen LogP contribution in [0.5, 0.6) is 11.5 Å². The Balaban J connectivity index is 2.02. The molecule has 0 aliphatic carbocycles. The molecular weight excluding hydrogens is 324 g/mol. The normalized spacial score (nSPS) is 10.2. The topological polar surface area (TPSA) is 81.9 Å². The van der Waals surface area contributed by atoms with Gasteiger partial charge in [-0.3, -0.25) is 14.9 Å². The number of carbonyl (C=O) groups excluding carboxylic acids is 1. The van der Waals surface area contributed by atoms with Gasteiger partial charge in [-0.2, -0.15) is 0 Å². The molecule has 1 amide bonds. The summed E-state index contributed by atoms with van der Waals surface area (Å²) in [6.45, 7) is 2.63. The van der Waals surface area contributed by atoms with Crippen LogP contribution < -0.4 is 9.47 Å². The van der Waals surface area contributed by atoms with Crippen LogP contribution in [0.15, 0.2) is 42.5 Å². The summed E-state index contributed by atoms with van der Waals surface area (Å²) >= 11 is 0. The molecule has 7 heteroatoms. The zero-order chi connectivity index (χ0) is 18.4. The van der Waals surface area contributed by atoms with Gasteiger partial charge in [-0.15, -0.1) is 0 Å². The summed E-state index contributed by atoms with van der Waals surface area (Å²) in [5, 5.41) is 10.9. The van der Waals surface area contributed by atoms with Crippen LogP contribution >= 0.6 is 0 Å². The van der Waals surface area contributed by atoms with Crippen LogP contribution in [0.25, 0.3) is 0 Å². The van der Waals surface area contributed by atoms with E-state index in [-0.39, 0.29) is 17.2 Å². The van der Waals surface area contributed by atoms with Crippen LogP contribution in [0.3, 0.4) is 0 Å². The molecule has 0 unspecified atom stereocenters. The van der Waals surface area contributed by atoms with E-state index in [1.54, 1.807) is 7.05 Å². The first-order valence-corrected chi connectivity index (χ1v) is 7.69. The first-order chi connectivity index (χ1) is 11.9. The number of benzene rings is 2. The highest BCUT2D eigenvalue weighted by molar-refractivity contribution is 5.97. The second kappa shape index (κ2) is 8.14. The molecule has 0 bridgehead atoms. The van der Waals surface area contributed by atoms with Gasteiger partial charge in [-0.25, -0.2) is 0 Å². The van der Waals surface area contributed by atoms with Crippen molar-refractivity contribution in [2.75, 3.05) is 27.3 Å². The highest BCUT2D eigenvalue weighted by Gasteiger charge is 2.20. The number of carbonyl (C=O) groups is 1. The molecule has 0 radical (unpaired) electrons. The van der Waals surface area contributed by atoms with Gasteiger partial charge >= 0.3 is 0 Å². The predicted molar refractivity (Wildman–Crippen MR) is 93.3 cm³/mol. The monoisotopic (exact) mass is 344 g/mol. The number of nitro groups is 1. The Morgan fingerprint density at radius 3 is 2.48 bits per heavy atom. The molecule has 0 aromatic heterocycles. The maximum Gasteiger partial charge on any atom is 0.270 e. The van der Waals surface area contributed by atoms with Gasteiger partial charge in [0.1, 0.15) is 18.1 Å². The van der Waals surface area contributed by atoms with Crippen molar-refractivity contribution in [2.24, 2.45) is 0 Å². The summed E-state index contributed by atoms with van der Waals surface area (Å²) in [4.78, 5) is 24.4. The first kappa shape index (κ1) is 18.3. The Bertz CT molecular complexity index is 759. The number of methoxy groups -OCH3 is 1. The summed E-state index contributed by atoms with van der Waals surface area (Å²) in [5.74, 6) is 0.648. The highest BCUT2D eigenvalue weighted by Crippen LogP contribution is 2.25. The molecule has 2 aromatic carbocycles. The van der Waals surface area contributed by atoms with E-state index in [1.165, 1.54) is 30.2 Å². The van der Waals surface area contributed by atoms with Crippen LogP contribution in [0.1, 0.15) is 15.9 Å². The van der Waals surface area contributed by atoms with Crippen molar-refractivity contribution in [3.8, 4) is 11.5 Å². The van der Waals surface area contributed by atoms with Crippen LogP contribution in [0.2, 0.25) is 0 Å². The average molecular weight is 344 g/mol. The summed E-state index contributed by atoms with van der Waals surface area (Å²) in [5.41, 5.74) is 1.13. The van der Waals surface area contributed by atoms with Crippen LogP contribution in [0, 0.1) is 17.0 Å². The molecule has 25 heavy (non-hydrogen) atoms. The van der Waals surface area contributed by atoms with Gasteiger partial charge in [-0.05, 0) is 25.1 Å². The molecule has 0 aliphatic rings. The molecule has 2 rings (SSSR count). The predicted octanol–water partition coefficient (Wildman–Crippen LogP) is 3.06. The SMILES string of the molecule is COc1ccc([N+](=O)[O-])cc1C(=O)N(C)CCOc1ccc(C)cc1. The Kier molecular flexibility index (Phi) is 5.94. The van der Waals surface area contributed by atoms with Crippen molar-refractivity contribution in [1.29, 1.82) is 0 Å². The Morgan fingerprint density at radius 2 is 1.88 bits per heavy atom. The minimum Gasteiger partial charge on any atom is -0.496 e. The number of likely N-dealkylation sites (N-methyl/N-ethyl adjacent to an activating group) is 1. The van der Waals surface area contributed by atoms with E-state index in [0.717, 1.165) is 11.3 Å². The Hall–Kier alpha value is -3.09. The third-order valence-electron chi connectivity index (χ3n) is 3.69. The number of amides is 1. The molecule has 0 spiro atoms. The van der Waals surface area contributed by atoms with Gasteiger partial charge < -0.3 is 14.4 Å². The lowest BCUT2D eigenvalue weighted by Gasteiger charge is -2.19. The Labute approximate surface area is 145 Å². The maximum atomic E-state index is 12.6. The number of hydrogen-bond acceptors (Lipinski definition) is 5. The van der Waals surface area contributed by atoms with Crippen molar-refractivity contribution < 1.29 is 19.2 Å². The molecule has 0 fully saturated rings. The zero-order valence-electron chi connectivity index (χ0n) is 14.4. The van der Waals surface area contributed by atoms with E-state index in [9.17, 15) is 14.9 Å². The second-order valence-electron chi connectivity index (χ2n) is 5.53. The molecule has 0 N–H and O–H groups in total. The summed E-state index contributed by atoms with van der Waals surface area (Å²) < 4.78 is 10.7. The molecular formula is C18H20N2O5. The summed E-state index contributed by atoms with van der Waals surface area (Å²) in [7, 11) is 3.03. The third kappa shape index (κ3) is 4.69. The number of nitro benzene ring substituents is 1. The van der Waals surface area contributed by atoms with Gasteiger partial charge in [0.05, 0.1) is 24.1 Å². The fraction of sp³-hybridized carbons (Fsp3) is 0.278. The van der Waals surface area contributed by atoms with E-state index in [1.807, 2.05) is 31.2 Å². The number of nitrogens with zero attached hydrogens (tertiary/aromatic N) is 2. The lowest BCUT2D eigenvalue weighted by atomic mass is 10.1. The van der Waals surface area contributed by atoms with Crippen molar-refractivity contribution in [3.05, 3.63) is 63.7 Å². The van der Waals surface area contributed by atoms with E-state index >= 15 is 0 Å². The van der Waals surface area contributed by atoms with Crippen LogP contribution in [-0.4, -0.2) is 43.0 Å².